The summed E-state index contributed by atoms with van der Waals surface area (Å²) in [7, 11) is 0. The van der Waals surface area contributed by atoms with E-state index in [1.54, 1.807) is 0 Å². The number of ether oxygens (including phenoxy) is 1. The van der Waals surface area contributed by atoms with Crippen LogP contribution >= 0.6 is 0 Å². The highest BCUT2D eigenvalue weighted by molar-refractivity contribution is 6.00. The van der Waals surface area contributed by atoms with Gasteiger partial charge < -0.3 is 10.5 Å². The number of nitrogens with two attached hydrogens (primary N) is 1. The topological polar surface area (TPSA) is 52.3 Å². The first-order chi connectivity index (χ1) is 7.77. The fourth-order valence-corrected chi connectivity index (χ4v) is 2.09. The van der Waals surface area contributed by atoms with Gasteiger partial charge in [0, 0.05) is 18.9 Å². The summed E-state index contributed by atoms with van der Waals surface area (Å²) in [6, 6.07) is 5.78. The molecule has 0 aliphatic carbocycles. The zero-order valence-corrected chi connectivity index (χ0v) is 9.53. The van der Waals surface area contributed by atoms with Crippen LogP contribution in [0.2, 0.25) is 0 Å². The van der Waals surface area contributed by atoms with Crippen molar-refractivity contribution < 1.29 is 9.53 Å². The Morgan fingerprint density at radius 1 is 1.56 bits per heavy atom. The Balaban J connectivity index is 2.34. The van der Waals surface area contributed by atoms with Gasteiger partial charge in [0.1, 0.15) is 5.75 Å². The number of carbonyl (C=O) groups excluding carboxylic acids is 1. The van der Waals surface area contributed by atoms with Crippen LogP contribution in [0.3, 0.4) is 0 Å². The van der Waals surface area contributed by atoms with Crippen molar-refractivity contribution in [3.8, 4) is 5.75 Å². The summed E-state index contributed by atoms with van der Waals surface area (Å²) < 4.78 is 5.53. The number of carbonyl (C=O) groups is 1. The molecular formula is C13H17NO2. The first-order valence-corrected chi connectivity index (χ1v) is 5.77. The van der Waals surface area contributed by atoms with Crippen LogP contribution < -0.4 is 10.5 Å². The molecule has 1 atom stereocenters. The van der Waals surface area contributed by atoms with E-state index in [9.17, 15) is 4.79 Å². The molecule has 86 valence electrons. The van der Waals surface area contributed by atoms with Crippen molar-refractivity contribution in [2.45, 2.75) is 19.8 Å². The summed E-state index contributed by atoms with van der Waals surface area (Å²) in [6.45, 7) is 3.07. The summed E-state index contributed by atoms with van der Waals surface area (Å²) in [6.07, 6.45) is 1.68. The molecule has 0 saturated heterocycles. The van der Waals surface area contributed by atoms with Crippen LogP contribution in [0, 0.1) is 5.92 Å². The lowest BCUT2D eigenvalue weighted by Crippen LogP contribution is -2.23. The van der Waals surface area contributed by atoms with Crippen LogP contribution in [-0.2, 0) is 6.42 Å². The third-order valence-electron chi connectivity index (χ3n) is 3.13. The predicted octanol–water partition coefficient (Wildman–Crippen LogP) is 1.79. The van der Waals surface area contributed by atoms with E-state index in [0.717, 1.165) is 24.2 Å². The van der Waals surface area contributed by atoms with Gasteiger partial charge in [-0.1, -0.05) is 19.1 Å². The maximum atomic E-state index is 12.2. The van der Waals surface area contributed by atoms with Crippen LogP contribution in [0.1, 0.15) is 29.3 Å². The average molecular weight is 219 g/mol. The van der Waals surface area contributed by atoms with Gasteiger partial charge in [0.2, 0.25) is 0 Å². The zero-order valence-electron chi connectivity index (χ0n) is 9.53. The molecule has 0 amide bonds. The second-order valence-corrected chi connectivity index (χ2v) is 4.10. The standard InChI is InChI=1S/C13H17NO2/c1-2-9(8-14)12(15)11-5-3-4-10-6-7-16-13(10)11/h3-5,9H,2,6-8,14H2,1H3. The van der Waals surface area contributed by atoms with E-state index in [2.05, 4.69) is 0 Å². The van der Waals surface area contributed by atoms with E-state index < -0.39 is 0 Å². The van der Waals surface area contributed by atoms with Gasteiger partial charge in [-0.2, -0.15) is 0 Å². The van der Waals surface area contributed by atoms with E-state index in [1.165, 1.54) is 0 Å². The van der Waals surface area contributed by atoms with Gasteiger partial charge in [-0.15, -0.1) is 0 Å². The van der Waals surface area contributed by atoms with Crippen LogP contribution in [0.15, 0.2) is 18.2 Å². The van der Waals surface area contributed by atoms with Crippen molar-refractivity contribution in [2.75, 3.05) is 13.2 Å². The van der Waals surface area contributed by atoms with E-state index in [4.69, 9.17) is 10.5 Å². The van der Waals surface area contributed by atoms with Gasteiger partial charge in [-0.3, -0.25) is 4.79 Å². The monoisotopic (exact) mass is 219 g/mol. The molecule has 2 rings (SSSR count). The Morgan fingerprint density at radius 2 is 2.38 bits per heavy atom. The molecule has 1 heterocycles. The van der Waals surface area contributed by atoms with Crippen LogP contribution in [0.25, 0.3) is 0 Å². The van der Waals surface area contributed by atoms with Gasteiger partial charge in [0.25, 0.3) is 0 Å². The molecule has 0 aromatic heterocycles. The molecule has 3 nitrogen and oxygen atoms in total. The van der Waals surface area contributed by atoms with Crippen molar-refractivity contribution >= 4 is 5.78 Å². The highest BCUT2D eigenvalue weighted by Gasteiger charge is 2.24. The number of Topliss-reactive ketones (excluding diaryl/α,β-unsaturated/α-hetero) is 1. The lowest BCUT2D eigenvalue weighted by Gasteiger charge is -2.13. The minimum Gasteiger partial charge on any atom is -0.492 e. The molecular weight excluding hydrogens is 202 g/mol. The Hall–Kier alpha value is -1.35. The lowest BCUT2D eigenvalue weighted by atomic mass is 9.93. The van der Waals surface area contributed by atoms with E-state index in [0.29, 0.717) is 18.7 Å². The average Bonchev–Trinajstić information content (AvgIpc) is 2.78. The first kappa shape index (κ1) is 11.1. The second kappa shape index (κ2) is 4.66. The molecule has 1 aliphatic heterocycles. The van der Waals surface area contributed by atoms with Crippen molar-refractivity contribution in [3.05, 3.63) is 29.3 Å². The second-order valence-electron chi connectivity index (χ2n) is 4.10. The van der Waals surface area contributed by atoms with Crippen molar-refractivity contribution in [2.24, 2.45) is 11.7 Å². The largest absolute Gasteiger partial charge is 0.492 e. The fourth-order valence-electron chi connectivity index (χ4n) is 2.09. The summed E-state index contributed by atoms with van der Waals surface area (Å²) in [5.41, 5.74) is 7.44. The maximum absolute atomic E-state index is 12.2. The van der Waals surface area contributed by atoms with Crippen molar-refractivity contribution in [1.29, 1.82) is 0 Å². The van der Waals surface area contributed by atoms with Gasteiger partial charge in [0.05, 0.1) is 12.2 Å². The van der Waals surface area contributed by atoms with Crippen molar-refractivity contribution in [1.82, 2.24) is 0 Å². The third-order valence-corrected chi connectivity index (χ3v) is 3.13. The van der Waals surface area contributed by atoms with E-state index in [1.807, 2.05) is 25.1 Å². The molecule has 1 aromatic carbocycles. The molecule has 2 N–H and O–H groups in total. The normalized spacial score (nSPS) is 15.4. The van der Waals surface area contributed by atoms with Crippen LogP contribution in [-0.4, -0.2) is 18.9 Å². The zero-order chi connectivity index (χ0) is 11.5. The number of ketones is 1. The molecule has 0 saturated carbocycles. The number of hydrogen-bond donors (Lipinski definition) is 1. The van der Waals surface area contributed by atoms with Crippen LogP contribution in [0.4, 0.5) is 0 Å². The predicted molar refractivity (Wildman–Crippen MR) is 62.8 cm³/mol. The molecule has 0 fully saturated rings. The smallest absolute Gasteiger partial charge is 0.170 e. The molecule has 0 spiro atoms. The van der Waals surface area contributed by atoms with Crippen molar-refractivity contribution in [3.63, 3.8) is 0 Å². The van der Waals surface area contributed by atoms with Gasteiger partial charge in [0.15, 0.2) is 5.78 Å². The number of benzene rings is 1. The lowest BCUT2D eigenvalue weighted by molar-refractivity contribution is 0.0918. The minimum absolute atomic E-state index is 0.0873. The van der Waals surface area contributed by atoms with Crippen LogP contribution in [0.5, 0.6) is 5.75 Å². The molecule has 0 radical (unpaired) electrons. The number of para-hydroxylation sites is 1. The van der Waals surface area contributed by atoms with Gasteiger partial charge in [-0.25, -0.2) is 0 Å². The summed E-state index contributed by atoms with van der Waals surface area (Å²) in [4.78, 5) is 12.2. The summed E-state index contributed by atoms with van der Waals surface area (Å²) >= 11 is 0. The summed E-state index contributed by atoms with van der Waals surface area (Å²) in [5, 5.41) is 0. The van der Waals surface area contributed by atoms with E-state index >= 15 is 0 Å². The van der Waals surface area contributed by atoms with E-state index in [-0.39, 0.29) is 11.7 Å². The highest BCUT2D eigenvalue weighted by Crippen LogP contribution is 2.31. The molecule has 1 aromatic rings. The molecule has 1 unspecified atom stereocenters. The quantitative estimate of drug-likeness (QED) is 0.785. The molecule has 1 aliphatic rings. The minimum atomic E-state index is -0.0873. The number of hydrogen-bond acceptors (Lipinski definition) is 3. The Bertz CT molecular complexity index is 397. The molecule has 16 heavy (non-hydrogen) atoms. The summed E-state index contributed by atoms with van der Waals surface area (Å²) in [5.74, 6) is 0.804. The Labute approximate surface area is 95.6 Å². The highest BCUT2D eigenvalue weighted by atomic mass is 16.5. The van der Waals surface area contributed by atoms with Gasteiger partial charge >= 0.3 is 0 Å². The third kappa shape index (κ3) is 1.83. The maximum Gasteiger partial charge on any atom is 0.170 e. The Morgan fingerprint density at radius 3 is 3.06 bits per heavy atom. The molecule has 3 heteroatoms. The van der Waals surface area contributed by atoms with Gasteiger partial charge in [-0.05, 0) is 18.1 Å². The molecule has 0 bridgehead atoms. The number of rotatable bonds is 4. The fraction of sp³-hybridized carbons (Fsp3) is 0.462. The SMILES string of the molecule is CCC(CN)C(=O)c1cccc2c1OCC2. The number of fused-ring (bicyclic) bond motifs is 1. The Kier molecular flexibility index (Phi) is 3.25. The first-order valence-electron chi connectivity index (χ1n) is 5.77.